The minimum Gasteiger partial charge on any atom is -0.329 e. The molecule has 4 nitrogen and oxygen atoms in total. The average molecular weight is 317 g/mol. The standard InChI is InChI=1S/C13H8ClF3N2O2/c14-10-2-1-8(6-9(10)13(15,16)17)19-12(21)7-3-4-18-11(20)5-7/h1-6H,(H,18,20)(H,19,21). The van der Waals surface area contributed by atoms with Crippen LogP contribution in [0.1, 0.15) is 15.9 Å². The number of anilines is 1. The van der Waals surface area contributed by atoms with Crippen molar-refractivity contribution in [3.8, 4) is 0 Å². The first kappa shape index (κ1) is 15.1. The molecule has 110 valence electrons. The summed E-state index contributed by atoms with van der Waals surface area (Å²) in [5, 5.41) is 1.81. The van der Waals surface area contributed by atoms with E-state index in [-0.39, 0.29) is 11.3 Å². The Morgan fingerprint density at radius 2 is 1.90 bits per heavy atom. The number of rotatable bonds is 2. The first-order valence-corrected chi connectivity index (χ1v) is 6.02. The summed E-state index contributed by atoms with van der Waals surface area (Å²) in [6.45, 7) is 0. The van der Waals surface area contributed by atoms with Crippen LogP contribution in [0.25, 0.3) is 0 Å². The second-order valence-electron chi connectivity index (χ2n) is 4.09. The zero-order valence-corrected chi connectivity index (χ0v) is 11.0. The van der Waals surface area contributed by atoms with Crippen LogP contribution in [0.3, 0.4) is 0 Å². The molecule has 0 atom stereocenters. The number of amides is 1. The van der Waals surface area contributed by atoms with E-state index in [0.29, 0.717) is 0 Å². The van der Waals surface area contributed by atoms with Crippen molar-refractivity contribution in [3.05, 3.63) is 63.0 Å². The molecule has 8 heteroatoms. The second-order valence-corrected chi connectivity index (χ2v) is 4.50. The van der Waals surface area contributed by atoms with Crippen molar-refractivity contribution in [1.82, 2.24) is 4.98 Å². The topological polar surface area (TPSA) is 62.0 Å². The van der Waals surface area contributed by atoms with Crippen molar-refractivity contribution in [3.63, 3.8) is 0 Å². The van der Waals surface area contributed by atoms with Crippen molar-refractivity contribution in [2.24, 2.45) is 0 Å². The zero-order valence-electron chi connectivity index (χ0n) is 10.3. The molecule has 0 aliphatic rings. The molecule has 2 N–H and O–H groups in total. The molecule has 0 saturated carbocycles. The molecule has 2 aromatic rings. The number of H-pyrrole nitrogens is 1. The monoisotopic (exact) mass is 316 g/mol. The highest BCUT2D eigenvalue weighted by Crippen LogP contribution is 2.36. The van der Waals surface area contributed by atoms with Gasteiger partial charge in [-0.15, -0.1) is 0 Å². The highest BCUT2D eigenvalue weighted by molar-refractivity contribution is 6.31. The predicted octanol–water partition coefficient (Wildman–Crippen LogP) is 3.30. The quantitative estimate of drug-likeness (QED) is 0.893. The van der Waals surface area contributed by atoms with Crippen LogP contribution in [-0.4, -0.2) is 10.9 Å². The third-order valence-electron chi connectivity index (χ3n) is 2.57. The van der Waals surface area contributed by atoms with Gasteiger partial charge in [-0.25, -0.2) is 0 Å². The molecule has 1 aromatic heterocycles. The Morgan fingerprint density at radius 1 is 1.19 bits per heavy atom. The molecule has 1 heterocycles. The third kappa shape index (κ3) is 3.63. The molecule has 0 aliphatic carbocycles. The number of nitrogens with one attached hydrogen (secondary N) is 2. The zero-order chi connectivity index (χ0) is 15.6. The molecular formula is C13H8ClF3N2O2. The molecule has 1 aromatic carbocycles. The van der Waals surface area contributed by atoms with Gasteiger partial charge < -0.3 is 10.3 Å². The maximum absolute atomic E-state index is 12.7. The first-order valence-electron chi connectivity index (χ1n) is 5.64. The minimum atomic E-state index is -4.62. The van der Waals surface area contributed by atoms with Crippen LogP contribution < -0.4 is 10.9 Å². The molecule has 0 radical (unpaired) electrons. The van der Waals surface area contributed by atoms with Crippen molar-refractivity contribution < 1.29 is 18.0 Å². The Morgan fingerprint density at radius 3 is 2.52 bits per heavy atom. The number of alkyl halides is 3. The van der Waals surface area contributed by atoms with E-state index in [4.69, 9.17) is 11.6 Å². The van der Waals surface area contributed by atoms with Gasteiger partial charge in [-0.1, -0.05) is 11.6 Å². The van der Waals surface area contributed by atoms with Gasteiger partial charge in [0, 0.05) is 23.5 Å². The Labute approximate surface area is 121 Å². The Balaban J connectivity index is 2.28. The maximum Gasteiger partial charge on any atom is 0.417 e. The number of hydrogen-bond acceptors (Lipinski definition) is 2. The van der Waals surface area contributed by atoms with Gasteiger partial charge in [0.05, 0.1) is 10.6 Å². The smallest absolute Gasteiger partial charge is 0.329 e. The Kier molecular flexibility index (Phi) is 4.04. The molecule has 1 amide bonds. The van der Waals surface area contributed by atoms with Gasteiger partial charge in [0.1, 0.15) is 0 Å². The summed E-state index contributed by atoms with van der Waals surface area (Å²) in [6, 6.07) is 5.38. The number of aromatic nitrogens is 1. The van der Waals surface area contributed by atoms with E-state index in [1.165, 1.54) is 18.3 Å². The number of halogens is 4. The van der Waals surface area contributed by atoms with E-state index in [9.17, 15) is 22.8 Å². The highest BCUT2D eigenvalue weighted by Gasteiger charge is 2.33. The first-order chi connectivity index (χ1) is 9.77. The number of aromatic amines is 1. The van der Waals surface area contributed by atoms with Gasteiger partial charge in [-0.2, -0.15) is 13.2 Å². The van der Waals surface area contributed by atoms with Crippen molar-refractivity contribution >= 4 is 23.2 Å². The van der Waals surface area contributed by atoms with E-state index < -0.39 is 28.2 Å². The van der Waals surface area contributed by atoms with Crippen LogP contribution in [-0.2, 0) is 6.18 Å². The normalized spacial score (nSPS) is 11.2. The molecule has 21 heavy (non-hydrogen) atoms. The largest absolute Gasteiger partial charge is 0.417 e. The Bertz CT molecular complexity index is 741. The summed E-state index contributed by atoms with van der Waals surface area (Å²) in [4.78, 5) is 25.2. The lowest BCUT2D eigenvalue weighted by Crippen LogP contribution is -2.16. The fraction of sp³-hybridized carbons (Fsp3) is 0.0769. The third-order valence-corrected chi connectivity index (χ3v) is 2.90. The lowest BCUT2D eigenvalue weighted by Gasteiger charge is -2.11. The van der Waals surface area contributed by atoms with E-state index >= 15 is 0 Å². The van der Waals surface area contributed by atoms with Gasteiger partial charge in [-0.05, 0) is 24.3 Å². The van der Waals surface area contributed by atoms with Gasteiger partial charge in [0.25, 0.3) is 5.91 Å². The fourth-order valence-corrected chi connectivity index (χ4v) is 1.83. The summed E-state index contributed by atoms with van der Waals surface area (Å²) in [7, 11) is 0. The van der Waals surface area contributed by atoms with E-state index in [1.54, 1.807) is 0 Å². The lowest BCUT2D eigenvalue weighted by atomic mass is 10.2. The number of hydrogen-bond donors (Lipinski definition) is 2. The number of carbonyl (C=O) groups excluding carboxylic acids is 1. The molecule has 0 saturated heterocycles. The van der Waals surface area contributed by atoms with Crippen LogP contribution >= 0.6 is 11.6 Å². The molecule has 0 spiro atoms. The van der Waals surface area contributed by atoms with E-state index in [1.807, 2.05) is 0 Å². The SMILES string of the molecule is O=C(Nc1ccc(Cl)c(C(F)(F)F)c1)c1cc[nH]c(=O)c1. The van der Waals surface area contributed by atoms with Gasteiger partial charge in [0.15, 0.2) is 0 Å². The lowest BCUT2D eigenvalue weighted by molar-refractivity contribution is -0.137. The van der Waals surface area contributed by atoms with Crippen molar-refractivity contribution in [2.75, 3.05) is 5.32 Å². The van der Waals surface area contributed by atoms with Crippen LogP contribution in [0.4, 0.5) is 18.9 Å². The van der Waals surface area contributed by atoms with Crippen molar-refractivity contribution in [2.45, 2.75) is 6.18 Å². The maximum atomic E-state index is 12.7. The van der Waals surface area contributed by atoms with Gasteiger partial charge in [-0.3, -0.25) is 9.59 Å². The van der Waals surface area contributed by atoms with Crippen LogP contribution in [0.2, 0.25) is 5.02 Å². The summed E-state index contributed by atoms with van der Waals surface area (Å²) in [5.41, 5.74) is -1.58. The highest BCUT2D eigenvalue weighted by atomic mass is 35.5. The fourth-order valence-electron chi connectivity index (χ4n) is 1.61. The van der Waals surface area contributed by atoms with Crippen LogP contribution in [0, 0.1) is 0 Å². The molecule has 0 aliphatic heterocycles. The van der Waals surface area contributed by atoms with Crippen LogP contribution in [0.5, 0.6) is 0 Å². The molecule has 0 unspecified atom stereocenters. The number of pyridine rings is 1. The summed E-state index contributed by atoms with van der Waals surface area (Å²) < 4.78 is 38.1. The predicted molar refractivity (Wildman–Crippen MR) is 71.5 cm³/mol. The second kappa shape index (κ2) is 5.61. The minimum absolute atomic E-state index is 0.0299. The Hall–Kier alpha value is -2.28. The average Bonchev–Trinajstić information content (AvgIpc) is 2.39. The molecule has 0 bridgehead atoms. The van der Waals surface area contributed by atoms with Gasteiger partial charge >= 0.3 is 6.18 Å². The van der Waals surface area contributed by atoms with E-state index in [2.05, 4.69) is 10.3 Å². The molecule has 0 fully saturated rings. The summed E-state index contributed by atoms with van der Waals surface area (Å²) >= 11 is 5.48. The van der Waals surface area contributed by atoms with E-state index in [0.717, 1.165) is 18.2 Å². The van der Waals surface area contributed by atoms with Crippen molar-refractivity contribution in [1.29, 1.82) is 0 Å². The molecule has 2 rings (SSSR count). The number of benzene rings is 1. The summed E-state index contributed by atoms with van der Waals surface area (Å²) in [6.07, 6.45) is -3.36. The summed E-state index contributed by atoms with van der Waals surface area (Å²) in [5.74, 6) is -0.698. The van der Waals surface area contributed by atoms with Gasteiger partial charge in [0.2, 0.25) is 5.56 Å². The molecular weight excluding hydrogens is 309 g/mol. The number of carbonyl (C=O) groups is 1. The van der Waals surface area contributed by atoms with Crippen LogP contribution in [0.15, 0.2) is 41.3 Å².